The third-order valence-electron chi connectivity index (χ3n) is 4.58. The second-order valence-corrected chi connectivity index (χ2v) is 5.52. The zero-order chi connectivity index (χ0) is 11.8. The van der Waals surface area contributed by atoms with Crippen molar-refractivity contribution >= 4 is 0 Å². The normalized spacial score (nSPS) is 33.2. The van der Waals surface area contributed by atoms with Crippen molar-refractivity contribution in [1.29, 1.82) is 0 Å². The van der Waals surface area contributed by atoms with Crippen LogP contribution >= 0.6 is 0 Å². The van der Waals surface area contributed by atoms with Crippen LogP contribution in [-0.4, -0.2) is 17.2 Å². The Morgan fingerprint density at radius 3 is 2.88 bits per heavy atom. The van der Waals surface area contributed by atoms with Gasteiger partial charge in [-0.05, 0) is 44.6 Å². The molecule has 1 heterocycles. The molecule has 4 heteroatoms. The van der Waals surface area contributed by atoms with Gasteiger partial charge in [0.15, 0.2) is 5.82 Å². The largest absolute Gasteiger partial charge is 0.338 e. The van der Waals surface area contributed by atoms with Gasteiger partial charge < -0.3 is 9.84 Å². The van der Waals surface area contributed by atoms with Gasteiger partial charge >= 0.3 is 0 Å². The number of hydrogen-bond acceptors (Lipinski definition) is 4. The molecule has 4 unspecified atom stereocenters. The molecule has 2 fully saturated rings. The maximum Gasteiger partial charge on any atom is 0.243 e. The van der Waals surface area contributed by atoms with Gasteiger partial charge in [0, 0.05) is 5.92 Å². The zero-order valence-corrected chi connectivity index (χ0v) is 10.6. The summed E-state index contributed by atoms with van der Waals surface area (Å²) in [6, 6.07) is 0.204. The van der Waals surface area contributed by atoms with Gasteiger partial charge in [-0.3, -0.25) is 0 Å². The molecule has 1 aromatic rings. The lowest BCUT2D eigenvalue weighted by Gasteiger charge is -2.17. The van der Waals surface area contributed by atoms with Gasteiger partial charge in [-0.2, -0.15) is 4.98 Å². The molecule has 2 aliphatic carbocycles. The van der Waals surface area contributed by atoms with Gasteiger partial charge in [0.25, 0.3) is 0 Å². The first-order valence-electron chi connectivity index (χ1n) is 6.82. The number of aromatic nitrogens is 2. The van der Waals surface area contributed by atoms with E-state index in [0.717, 1.165) is 30.0 Å². The van der Waals surface area contributed by atoms with Crippen LogP contribution in [0.3, 0.4) is 0 Å². The van der Waals surface area contributed by atoms with Crippen molar-refractivity contribution < 1.29 is 4.52 Å². The topological polar surface area (TPSA) is 51.0 Å². The van der Waals surface area contributed by atoms with E-state index in [9.17, 15) is 0 Å². The highest BCUT2D eigenvalue weighted by Gasteiger charge is 2.42. The molecule has 4 nitrogen and oxygen atoms in total. The second-order valence-electron chi connectivity index (χ2n) is 5.52. The van der Waals surface area contributed by atoms with E-state index in [1.54, 1.807) is 0 Å². The molecule has 0 aromatic carbocycles. The van der Waals surface area contributed by atoms with Crippen molar-refractivity contribution in [2.24, 2.45) is 11.8 Å². The molecule has 0 amide bonds. The summed E-state index contributed by atoms with van der Waals surface area (Å²) < 4.78 is 5.41. The molecule has 3 rings (SSSR count). The summed E-state index contributed by atoms with van der Waals surface area (Å²) >= 11 is 0. The van der Waals surface area contributed by atoms with Crippen molar-refractivity contribution in [3.63, 3.8) is 0 Å². The van der Waals surface area contributed by atoms with Crippen LogP contribution in [0.4, 0.5) is 0 Å². The van der Waals surface area contributed by atoms with Crippen molar-refractivity contribution in [3.05, 3.63) is 11.7 Å². The maximum atomic E-state index is 5.41. The standard InChI is InChI=1S/C13H21N3O/c1-3-11(14-2)13-15-12(16-17-13)10-7-8-4-5-9(10)6-8/h8-11,14H,3-7H2,1-2H3. The molecular weight excluding hydrogens is 214 g/mol. The van der Waals surface area contributed by atoms with Gasteiger partial charge in [0.1, 0.15) is 0 Å². The molecular formula is C13H21N3O. The molecule has 2 bridgehead atoms. The van der Waals surface area contributed by atoms with Crippen LogP contribution in [0.15, 0.2) is 4.52 Å². The Balaban J connectivity index is 1.76. The Hall–Kier alpha value is -0.900. The first-order chi connectivity index (χ1) is 8.31. The molecule has 0 aliphatic heterocycles. The van der Waals surface area contributed by atoms with Crippen molar-refractivity contribution in [2.75, 3.05) is 7.05 Å². The summed E-state index contributed by atoms with van der Waals surface area (Å²) in [5, 5.41) is 7.42. The van der Waals surface area contributed by atoms with E-state index in [0.29, 0.717) is 5.92 Å². The van der Waals surface area contributed by atoms with E-state index in [-0.39, 0.29) is 6.04 Å². The van der Waals surface area contributed by atoms with Crippen LogP contribution in [0.1, 0.15) is 62.7 Å². The number of rotatable bonds is 4. The predicted molar refractivity (Wildman–Crippen MR) is 64.6 cm³/mol. The van der Waals surface area contributed by atoms with Crippen LogP contribution in [0.2, 0.25) is 0 Å². The van der Waals surface area contributed by atoms with Gasteiger partial charge in [-0.15, -0.1) is 0 Å². The average molecular weight is 235 g/mol. The molecule has 1 N–H and O–H groups in total. The number of fused-ring (bicyclic) bond motifs is 2. The van der Waals surface area contributed by atoms with Crippen LogP contribution in [-0.2, 0) is 0 Å². The minimum absolute atomic E-state index is 0.204. The second kappa shape index (κ2) is 4.41. The quantitative estimate of drug-likeness (QED) is 0.871. The monoisotopic (exact) mass is 235 g/mol. The Labute approximate surface area is 102 Å². The van der Waals surface area contributed by atoms with E-state index in [1.807, 2.05) is 7.05 Å². The number of nitrogens with one attached hydrogen (secondary N) is 1. The Morgan fingerprint density at radius 2 is 2.29 bits per heavy atom. The van der Waals surface area contributed by atoms with Crippen LogP contribution in [0.25, 0.3) is 0 Å². The molecule has 17 heavy (non-hydrogen) atoms. The fourth-order valence-corrected chi connectivity index (χ4v) is 3.60. The summed E-state index contributed by atoms with van der Waals surface area (Å²) in [7, 11) is 1.94. The van der Waals surface area contributed by atoms with E-state index in [1.165, 1.54) is 25.7 Å². The Morgan fingerprint density at radius 1 is 1.41 bits per heavy atom. The molecule has 0 radical (unpaired) electrons. The van der Waals surface area contributed by atoms with Crippen molar-refractivity contribution in [2.45, 2.75) is 51.0 Å². The van der Waals surface area contributed by atoms with Crippen LogP contribution in [0.5, 0.6) is 0 Å². The van der Waals surface area contributed by atoms with Gasteiger partial charge in [-0.25, -0.2) is 0 Å². The first-order valence-corrected chi connectivity index (χ1v) is 6.82. The molecule has 2 saturated carbocycles. The zero-order valence-electron chi connectivity index (χ0n) is 10.6. The predicted octanol–water partition coefficient (Wildman–Crippen LogP) is 2.64. The molecule has 0 saturated heterocycles. The molecule has 0 spiro atoms. The summed E-state index contributed by atoms with van der Waals surface area (Å²) in [4.78, 5) is 4.61. The Bertz CT molecular complexity index is 386. The highest BCUT2D eigenvalue weighted by atomic mass is 16.5. The summed E-state index contributed by atoms with van der Waals surface area (Å²) in [5.74, 6) is 4.03. The molecule has 4 atom stereocenters. The van der Waals surface area contributed by atoms with E-state index in [4.69, 9.17) is 4.52 Å². The first kappa shape index (κ1) is 11.2. The average Bonchev–Trinajstić information content (AvgIpc) is 3.06. The molecule has 2 aliphatic rings. The third-order valence-corrected chi connectivity index (χ3v) is 4.58. The highest BCUT2D eigenvalue weighted by Crippen LogP contribution is 2.52. The van der Waals surface area contributed by atoms with E-state index in [2.05, 4.69) is 22.4 Å². The number of nitrogens with zero attached hydrogens (tertiary/aromatic N) is 2. The summed E-state index contributed by atoms with van der Waals surface area (Å²) in [5.41, 5.74) is 0. The lowest BCUT2D eigenvalue weighted by Crippen LogP contribution is -2.16. The summed E-state index contributed by atoms with van der Waals surface area (Å²) in [6.45, 7) is 2.13. The minimum atomic E-state index is 0.204. The minimum Gasteiger partial charge on any atom is -0.338 e. The lowest BCUT2D eigenvalue weighted by molar-refractivity contribution is 0.323. The number of hydrogen-bond donors (Lipinski definition) is 1. The van der Waals surface area contributed by atoms with Gasteiger partial charge in [-0.1, -0.05) is 18.5 Å². The third kappa shape index (κ3) is 1.88. The van der Waals surface area contributed by atoms with Crippen LogP contribution in [0, 0.1) is 11.8 Å². The highest BCUT2D eigenvalue weighted by molar-refractivity contribution is 5.07. The smallest absolute Gasteiger partial charge is 0.243 e. The van der Waals surface area contributed by atoms with Gasteiger partial charge in [0.05, 0.1) is 6.04 Å². The molecule has 94 valence electrons. The maximum absolute atomic E-state index is 5.41. The fourth-order valence-electron chi connectivity index (χ4n) is 3.60. The van der Waals surface area contributed by atoms with E-state index < -0.39 is 0 Å². The summed E-state index contributed by atoms with van der Waals surface area (Å²) in [6.07, 6.45) is 6.43. The Kier molecular flexibility index (Phi) is 2.90. The van der Waals surface area contributed by atoms with Crippen LogP contribution < -0.4 is 5.32 Å². The van der Waals surface area contributed by atoms with Crippen molar-refractivity contribution in [3.8, 4) is 0 Å². The SMILES string of the molecule is CCC(NC)c1nc(C2CC3CCC2C3)no1. The lowest BCUT2D eigenvalue weighted by atomic mass is 9.88. The van der Waals surface area contributed by atoms with Gasteiger partial charge in [0.2, 0.25) is 5.89 Å². The van der Waals surface area contributed by atoms with Crippen molar-refractivity contribution in [1.82, 2.24) is 15.5 Å². The molecule has 1 aromatic heterocycles. The van der Waals surface area contributed by atoms with E-state index >= 15 is 0 Å². The fraction of sp³-hybridized carbons (Fsp3) is 0.846.